The fraction of sp³-hybridized carbons (Fsp3) is 0.375. The van der Waals surface area contributed by atoms with Gasteiger partial charge in [0.05, 0.1) is 0 Å². The quantitative estimate of drug-likeness (QED) is 0.838. The third-order valence-electron chi connectivity index (χ3n) is 3.24. The molecule has 0 bridgehead atoms. The Labute approximate surface area is 113 Å². The van der Waals surface area contributed by atoms with E-state index >= 15 is 0 Å². The second kappa shape index (κ2) is 5.70. The zero-order chi connectivity index (χ0) is 13.1. The van der Waals surface area contributed by atoms with E-state index in [0.717, 1.165) is 12.0 Å². The van der Waals surface area contributed by atoms with Crippen LogP contribution in [-0.2, 0) is 14.2 Å². The van der Waals surface area contributed by atoms with Crippen molar-refractivity contribution in [3.8, 4) is 0 Å². The van der Waals surface area contributed by atoms with Crippen LogP contribution in [0.15, 0.2) is 42.5 Å². The first kappa shape index (κ1) is 12.6. The average molecular weight is 258 g/mol. The Hall–Kier alpha value is -1.42. The van der Waals surface area contributed by atoms with Gasteiger partial charge in [0, 0.05) is 12.2 Å². The van der Waals surface area contributed by atoms with Crippen molar-refractivity contribution < 1.29 is 14.2 Å². The Balaban J connectivity index is 1.82. The minimum absolute atomic E-state index is 0.246. The van der Waals surface area contributed by atoms with Crippen LogP contribution in [0.1, 0.15) is 25.2 Å². The van der Waals surface area contributed by atoms with E-state index < -0.39 is 0 Å². The van der Waals surface area contributed by atoms with Crippen molar-refractivity contribution in [2.45, 2.75) is 25.9 Å². The van der Waals surface area contributed by atoms with Crippen LogP contribution < -0.4 is 0 Å². The van der Waals surface area contributed by atoms with Gasteiger partial charge >= 0.3 is 0 Å². The second-order valence-electron chi connectivity index (χ2n) is 4.67. The summed E-state index contributed by atoms with van der Waals surface area (Å²) in [6.07, 6.45) is 0.413. The van der Waals surface area contributed by atoms with Gasteiger partial charge in [-0.25, -0.2) is 0 Å². The molecule has 19 heavy (non-hydrogen) atoms. The first-order chi connectivity index (χ1) is 9.38. The Kier molecular flexibility index (Phi) is 3.78. The summed E-state index contributed by atoms with van der Waals surface area (Å²) in [6.45, 7) is 3.28. The van der Waals surface area contributed by atoms with E-state index in [1.54, 1.807) is 0 Å². The summed E-state index contributed by atoms with van der Waals surface area (Å²) >= 11 is 0. The van der Waals surface area contributed by atoms with Crippen molar-refractivity contribution in [2.24, 2.45) is 0 Å². The van der Waals surface area contributed by atoms with Gasteiger partial charge in [0.2, 0.25) is 0 Å². The molecule has 1 aliphatic rings. The van der Waals surface area contributed by atoms with Crippen molar-refractivity contribution in [3.63, 3.8) is 0 Å². The van der Waals surface area contributed by atoms with E-state index in [1.807, 2.05) is 18.2 Å². The maximum absolute atomic E-state index is 5.81. The van der Waals surface area contributed by atoms with E-state index in [9.17, 15) is 0 Å². The molecule has 1 heterocycles. The minimum Gasteiger partial charge on any atom is -0.350 e. The molecule has 0 N–H and O–H groups in total. The summed E-state index contributed by atoms with van der Waals surface area (Å²) < 4.78 is 17.1. The molecule has 1 saturated heterocycles. The lowest BCUT2D eigenvalue weighted by molar-refractivity contribution is -0.145. The lowest BCUT2D eigenvalue weighted by Crippen LogP contribution is -2.15. The molecule has 3 rings (SSSR count). The van der Waals surface area contributed by atoms with Gasteiger partial charge < -0.3 is 14.2 Å². The number of ether oxygens (including phenoxy) is 3. The van der Waals surface area contributed by atoms with Crippen LogP contribution in [-0.4, -0.2) is 19.5 Å². The number of fused-ring (bicyclic) bond motifs is 1. The first-order valence-electron chi connectivity index (χ1n) is 6.75. The van der Waals surface area contributed by atoms with Crippen LogP contribution in [0.25, 0.3) is 10.8 Å². The Bertz CT molecular complexity index is 547. The Morgan fingerprint density at radius 2 is 2.00 bits per heavy atom. The van der Waals surface area contributed by atoms with E-state index in [-0.39, 0.29) is 12.6 Å². The maximum atomic E-state index is 5.81. The number of hydrogen-bond acceptors (Lipinski definition) is 3. The van der Waals surface area contributed by atoms with E-state index in [2.05, 4.69) is 31.2 Å². The summed E-state index contributed by atoms with van der Waals surface area (Å²) in [6, 6.07) is 14.4. The van der Waals surface area contributed by atoms with Crippen molar-refractivity contribution in [1.29, 1.82) is 0 Å². The average Bonchev–Trinajstić information content (AvgIpc) is 2.93. The Morgan fingerprint density at radius 1 is 1.16 bits per heavy atom. The first-order valence-corrected chi connectivity index (χ1v) is 6.75. The normalized spacial score (nSPS) is 23.0. The molecule has 1 fully saturated rings. The molecule has 2 atom stereocenters. The number of benzene rings is 2. The topological polar surface area (TPSA) is 27.7 Å². The summed E-state index contributed by atoms with van der Waals surface area (Å²) in [4.78, 5) is 0. The molecule has 2 aromatic rings. The fourth-order valence-corrected chi connectivity index (χ4v) is 2.34. The van der Waals surface area contributed by atoms with Crippen LogP contribution in [0, 0.1) is 0 Å². The zero-order valence-corrected chi connectivity index (χ0v) is 11.0. The van der Waals surface area contributed by atoms with Gasteiger partial charge in [-0.15, -0.1) is 0 Å². The summed E-state index contributed by atoms with van der Waals surface area (Å²) in [5.74, 6) is 0. The van der Waals surface area contributed by atoms with Gasteiger partial charge in [0.15, 0.2) is 12.6 Å². The van der Waals surface area contributed by atoms with Crippen LogP contribution in [0.5, 0.6) is 0 Å². The Morgan fingerprint density at radius 3 is 2.89 bits per heavy atom. The van der Waals surface area contributed by atoms with E-state index in [4.69, 9.17) is 14.2 Å². The summed E-state index contributed by atoms with van der Waals surface area (Å²) in [7, 11) is 0. The highest BCUT2D eigenvalue weighted by Gasteiger charge is 2.28. The third-order valence-corrected chi connectivity index (χ3v) is 3.24. The molecular weight excluding hydrogens is 240 g/mol. The molecule has 1 aliphatic heterocycles. The molecule has 3 nitrogen and oxygen atoms in total. The molecule has 0 aromatic heterocycles. The standard InChI is InChI=1S/C16H18O3/c1-2-10-17-15-11-18-16(19-15)14-9-5-7-12-6-3-4-8-13(12)14/h3-9,15-16H,2,10-11H2,1H3. The predicted octanol–water partition coefficient (Wildman–Crippen LogP) is 3.64. The lowest BCUT2D eigenvalue weighted by atomic mass is 10.0. The van der Waals surface area contributed by atoms with Gasteiger partial charge in [-0.2, -0.15) is 0 Å². The van der Waals surface area contributed by atoms with Crippen LogP contribution in [0.2, 0.25) is 0 Å². The molecule has 2 unspecified atom stereocenters. The second-order valence-corrected chi connectivity index (χ2v) is 4.67. The van der Waals surface area contributed by atoms with Crippen molar-refractivity contribution >= 4 is 10.8 Å². The fourth-order valence-electron chi connectivity index (χ4n) is 2.34. The van der Waals surface area contributed by atoms with Crippen LogP contribution in [0.3, 0.4) is 0 Å². The molecule has 100 valence electrons. The zero-order valence-electron chi connectivity index (χ0n) is 11.0. The number of hydrogen-bond donors (Lipinski definition) is 0. The highest BCUT2D eigenvalue weighted by atomic mass is 16.8. The van der Waals surface area contributed by atoms with Crippen molar-refractivity contribution in [2.75, 3.05) is 13.2 Å². The molecule has 0 aliphatic carbocycles. The van der Waals surface area contributed by atoms with Crippen LogP contribution >= 0.6 is 0 Å². The van der Waals surface area contributed by atoms with Gasteiger partial charge in [-0.1, -0.05) is 49.4 Å². The smallest absolute Gasteiger partial charge is 0.187 e. The van der Waals surface area contributed by atoms with E-state index in [1.165, 1.54) is 10.8 Å². The van der Waals surface area contributed by atoms with Gasteiger partial charge in [0.1, 0.15) is 6.61 Å². The van der Waals surface area contributed by atoms with Gasteiger partial charge in [-0.05, 0) is 17.2 Å². The third kappa shape index (κ3) is 2.63. The van der Waals surface area contributed by atoms with Gasteiger partial charge in [0.25, 0.3) is 0 Å². The van der Waals surface area contributed by atoms with Crippen LogP contribution in [0.4, 0.5) is 0 Å². The molecule has 0 spiro atoms. The molecule has 0 saturated carbocycles. The number of rotatable bonds is 4. The van der Waals surface area contributed by atoms with E-state index in [0.29, 0.717) is 13.2 Å². The van der Waals surface area contributed by atoms with Crippen molar-refractivity contribution in [3.05, 3.63) is 48.0 Å². The van der Waals surface area contributed by atoms with Crippen molar-refractivity contribution in [1.82, 2.24) is 0 Å². The summed E-state index contributed by atoms with van der Waals surface area (Å²) in [5.41, 5.74) is 1.07. The SMILES string of the molecule is CCCOC1COC(c2cccc3ccccc23)O1. The highest BCUT2D eigenvalue weighted by molar-refractivity contribution is 5.85. The molecular formula is C16H18O3. The predicted molar refractivity (Wildman–Crippen MR) is 73.8 cm³/mol. The molecule has 0 amide bonds. The molecule has 2 aromatic carbocycles. The largest absolute Gasteiger partial charge is 0.350 e. The lowest BCUT2D eigenvalue weighted by Gasteiger charge is -2.14. The summed E-state index contributed by atoms with van der Waals surface area (Å²) in [5, 5.41) is 2.37. The monoisotopic (exact) mass is 258 g/mol. The minimum atomic E-state index is -0.326. The molecule has 0 radical (unpaired) electrons. The maximum Gasteiger partial charge on any atom is 0.187 e. The van der Waals surface area contributed by atoms with Gasteiger partial charge in [-0.3, -0.25) is 0 Å². The molecule has 3 heteroatoms. The highest BCUT2D eigenvalue weighted by Crippen LogP contribution is 2.32.